The van der Waals surface area contributed by atoms with E-state index < -0.39 is 10.0 Å². The molecule has 108 valence electrons. The molecule has 0 aliphatic carbocycles. The molecule has 20 heavy (non-hydrogen) atoms. The van der Waals surface area contributed by atoms with Crippen LogP contribution < -0.4 is 10.5 Å². The van der Waals surface area contributed by atoms with Crippen LogP contribution in [0.2, 0.25) is 0 Å². The summed E-state index contributed by atoms with van der Waals surface area (Å²) in [5.41, 5.74) is 7.91. The van der Waals surface area contributed by atoms with Gasteiger partial charge in [-0.25, -0.2) is 13.1 Å². The molecule has 0 saturated carbocycles. The van der Waals surface area contributed by atoms with Crippen molar-refractivity contribution in [2.45, 2.75) is 19.2 Å². The average molecular weight is 294 g/mol. The van der Waals surface area contributed by atoms with Gasteiger partial charge in [0.05, 0.1) is 18.5 Å². The van der Waals surface area contributed by atoms with Gasteiger partial charge in [0.2, 0.25) is 10.0 Å². The van der Waals surface area contributed by atoms with Gasteiger partial charge in [0, 0.05) is 18.4 Å². The summed E-state index contributed by atoms with van der Waals surface area (Å²) < 4.78 is 28.1. The molecule has 1 heterocycles. The third kappa shape index (κ3) is 4.36. The predicted octanol–water partition coefficient (Wildman–Crippen LogP) is 0.893. The Morgan fingerprint density at radius 3 is 2.85 bits per heavy atom. The number of nitrogens with zero attached hydrogens (tertiary/aromatic N) is 2. The first-order chi connectivity index (χ1) is 9.44. The van der Waals surface area contributed by atoms with Gasteiger partial charge in [-0.2, -0.15) is 5.10 Å². The third-order valence-electron chi connectivity index (χ3n) is 2.73. The van der Waals surface area contributed by atoms with Crippen LogP contribution in [0.25, 0.3) is 0 Å². The lowest BCUT2D eigenvalue weighted by atomic mass is 10.2. The zero-order valence-electron chi connectivity index (χ0n) is 11.3. The SMILES string of the molecule is Cc1cnn(CCNS(=O)(=O)Cc2cccc(N)c2)c1. The Bertz CT molecular complexity index is 679. The van der Waals surface area contributed by atoms with Gasteiger partial charge in [0.25, 0.3) is 0 Å². The number of aryl methyl sites for hydroxylation is 1. The lowest BCUT2D eigenvalue weighted by Gasteiger charge is -2.07. The van der Waals surface area contributed by atoms with Crippen molar-refractivity contribution < 1.29 is 8.42 Å². The van der Waals surface area contributed by atoms with Crippen LogP contribution in [0, 0.1) is 6.92 Å². The van der Waals surface area contributed by atoms with Gasteiger partial charge >= 0.3 is 0 Å². The summed E-state index contributed by atoms with van der Waals surface area (Å²) in [7, 11) is -3.36. The molecule has 0 aliphatic heterocycles. The van der Waals surface area contributed by atoms with Crippen LogP contribution in [0.15, 0.2) is 36.7 Å². The zero-order valence-corrected chi connectivity index (χ0v) is 12.1. The summed E-state index contributed by atoms with van der Waals surface area (Å²) >= 11 is 0. The van der Waals surface area contributed by atoms with E-state index in [4.69, 9.17) is 5.73 Å². The quantitative estimate of drug-likeness (QED) is 0.774. The maximum Gasteiger partial charge on any atom is 0.215 e. The van der Waals surface area contributed by atoms with Crippen molar-refractivity contribution in [1.82, 2.24) is 14.5 Å². The molecule has 0 atom stereocenters. The molecule has 2 aromatic rings. The van der Waals surface area contributed by atoms with Gasteiger partial charge in [-0.3, -0.25) is 4.68 Å². The largest absolute Gasteiger partial charge is 0.399 e. The van der Waals surface area contributed by atoms with Crippen LogP contribution in [-0.4, -0.2) is 24.7 Å². The van der Waals surface area contributed by atoms with Crippen molar-refractivity contribution in [3.05, 3.63) is 47.8 Å². The molecule has 0 amide bonds. The van der Waals surface area contributed by atoms with E-state index in [1.807, 2.05) is 13.1 Å². The van der Waals surface area contributed by atoms with Crippen LogP contribution in [0.1, 0.15) is 11.1 Å². The first kappa shape index (κ1) is 14.5. The lowest BCUT2D eigenvalue weighted by molar-refractivity contribution is 0.560. The molecular formula is C13H18N4O2S. The molecule has 3 N–H and O–H groups in total. The highest BCUT2D eigenvalue weighted by molar-refractivity contribution is 7.88. The fourth-order valence-corrected chi connectivity index (χ4v) is 2.98. The second-order valence-electron chi connectivity index (χ2n) is 4.68. The summed E-state index contributed by atoms with van der Waals surface area (Å²) in [5, 5.41) is 4.10. The monoisotopic (exact) mass is 294 g/mol. The highest BCUT2D eigenvalue weighted by Crippen LogP contribution is 2.09. The number of nitrogen functional groups attached to an aromatic ring is 1. The molecular weight excluding hydrogens is 276 g/mol. The minimum Gasteiger partial charge on any atom is -0.399 e. The van der Waals surface area contributed by atoms with E-state index in [9.17, 15) is 8.42 Å². The van der Waals surface area contributed by atoms with Crippen LogP contribution >= 0.6 is 0 Å². The minimum absolute atomic E-state index is 0.0732. The Balaban J connectivity index is 1.88. The highest BCUT2D eigenvalue weighted by atomic mass is 32.2. The number of benzene rings is 1. The molecule has 6 nitrogen and oxygen atoms in total. The van der Waals surface area contributed by atoms with Crippen molar-refractivity contribution in [1.29, 1.82) is 0 Å². The van der Waals surface area contributed by atoms with E-state index in [1.54, 1.807) is 35.1 Å². The van der Waals surface area contributed by atoms with E-state index in [1.165, 1.54) is 0 Å². The lowest BCUT2D eigenvalue weighted by Crippen LogP contribution is -2.28. The number of hydrogen-bond donors (Lipinski definition) is 2. The number of nitrogens with two attached hydrogens (primary N) is 1. The van der Waals surface area contributed by atoms with Gasteiger partial charge in [-0.05, 0) is 30.2 Å². The normalized spacial score (nSPS) is 11.7. The summed E-state index contributed by atoms with van der Waals surface area (Å²) in [6.07, 6.45) is 3.60. The second kappa shape index (κ2) is 6.06. The minimum atomic E-state index is -3.36. The van der Waals surface area contributed by atoms with Crippen LogP contribution in [0.4, 0.5) is 5.69 Å². The Labute approximate surface area is 118 Å². The Morgan fingerprint density at radius 2 is 2.20 bits per heavy atom. The van der Waals surface area contributed by atoms with E-state index >= 15 is 0 Å². The summed E-state index contributed by atoms with van der Waals surface area (Å²) in [6.45, 7) is 2.75. The molecule has 0 bridgehead atoms. The number of hydrogen-bond acceptors (Lipinski definition) is 4. The molecule has 0 unspecified atom stereocenters. The first-order valence-corrected chi connectivity index (χ1v) is 7.91. The molecule has 0 saturated heterocycles. The topological polar surface area (TPSA) is 90.0 Å². The second-order valence-corrected chi connectivity index (χ2v) is 6.49. The Hall–Kier alpha value is -1.86. The first-order valence-electron chi connectivity index (χ1n) is 6.25. The van der Waals surface area contributed by atoms with Gasteiger partial charge in [-0.1, -0.05) is 12.1 Å². The standard InChI is InChI=1S/C13H18N4O2S/c1-11-8-15-17(9-11)6-5-16-20(18,19)10-12-3-2-4-13(14)7-12/h2-4,7-9,16H,5-6,10,14H2,1H3. The van der Waals surface area contributed by atoms with E-state index in [-0.39, 0.29) is 5.75 Å². The fourth-order valence-electron chi connectivity index (χ4n) is 1.86. The van der Waals surface area contributed by atoms with Gasteiger partial charge in [0.1, 0.15) is 0 Å². The Morgan fingerprint density at radius 1 is 1.40 bits per heavy atom. The predicted molar refractivity (Wildman–Crippen MR) is 78.4 cm³/mol. The van der Waals surface area contributed by atoms with E-state index in [0.29, 0.717) is 24.3 Å². The van der Waals surface area contributed by atoms with Crippen molar-refractivity contribution in [3.8, 4) is 0 Å². The maximum atomic E-state index is 11.9. The number of anilines is 1. The molecule has 1 aromatic heterocycles. The van der Waals surface area contributed by atoms with Crippen molar-refractivity contribution in [2.75, 3.05) is 12.3 Å². The van der Waals surface area contributed by atoms with Gasteiger partial charge < -0.3 is 5.73 Å². The van der Waals surface area contributed by atoms with Crippen LogP contribution in [0.5, 0.6) is 0 Å². The molecule has 1 aromatic carbocycles. The number of rotatable bonds is 6. The molecule has 0 spiro atoms. The van der Waals surface area contributed by atoms with Crippen molar-refractivity contribution >= 4 is 15.7 Å². The zero-order chi connectivity index (χ0) is 14.6. The molecule has 7 heteroatoms. The summed E-state index contributed by atoms with van der Waals surface area (Å²) in [6, 6.07) is 6.87. The maximum absolute atomic E-state index is 11.9. The van der Waals surface area contributed by atoms with Crippen LogP contribution in [0.3, 0.4) is 0 Å². The molecule has 0 radical (unpaired) electrons. The molecule has 2 rings (SSSR count). The Kier molecular flexibility index (Phi) is 4.41. The molecule has 0 fully saturated rings. The average Bonchev–Trinajstić information content (AvgIpc) is 2.74. The summed E-state index contributed by atoms with van der Waals surface area (Å²) in [4.78, 5) is 0. The number of aromatic nitrogens is 2. The van der Waals surface area contributed by atoms with Crippen LogP contribution in [-0.2, 0) is 22.3 Å². The summed E-state index contributed by atoms with van der Waals surface area (Å²) in [5.74, 6) is -0.0732. The highest BCUT2D eigenvalue weighted by Gasteiger charge is 2.11. The fraction of sp³-hybridized carbons (Fsp3) is 0.308. The van der Waals surface area contributed by atoms with Gasteiger partial charge in [0.15, 0.2) is 0 Å². The smallest absolute Gasteiger partial charge is 0.215 e. The van der Waals surface area contributed by atoms with Gasteiger partial charge in [-0.15, -0.1) is 0 Å². The van der Waals surface area contributed by atoms with Crippen molar-refractivity contribution in [3.63, 3.8) is 0 Å². The number of nitrogens with one attached hydrogen (secondary N) is 1. The van der Waals surface area contributed by atoms with Crippen molar-refractivity contribution in [2.24, 2.45) is 0 Å². The molecule has 0 aliphatic rings. The number of sulfonamides is 1. The third-order valence-corrected chi connectivity index (χ3v) is 4.09. The van der Waals surface area contributed by atoms with E-state index in [0.717, 1.165) is 5.56 Å². The van der Waals surface area contributed by atoms with E-state index in [2.05, 4.69) is 9.82 Å².